The first-order valence-corrected chi connectivity index (χ1v) is 7.97. The van der Waals surface area contributed by atoms with E-state index in [1.165, 1.54) is 0 Å². The second-order valence-electron chi connectivity index (χ2n) is 6.15. The zero-order valence-corrected chi connectivity index (χ0v) is 14.4. The molecule has 0 bridgehead atoms. The lowest BCUT2D eigenvalue weighted by atomic mass is 9.96. The zero-order valence-electron chi connectivity index (χ0n) is 14.4. The lowest BCUT2D eigenvalue weighted by Gasteiger charge is -2.46. The molecule has 158 valence electrons. The number of carboxylic acids is 1. The number of hydrogen-bond acceptors (Lipinski definition) is 12. The molecule has 2 aliphatic heterocycles. The van der Waals surface area contributed by atoms with Crippen LogP contribution in [-0.4, -0.2) is 124 Å². The molecule has 2 fully saturated rings. The van der Waals surface area contributed by atoms with Crippen LogP contribution in [0.25, 0.3) is 0 Å². The van der Waals surface area contributed by atoms with E-state index in [0.717, 1.165) is 14.2 Å². The maximum absolute atomic E-state index is 11.4. The Kier molecular flexibility index (Phi) is 7.46. The summed E-state index contributed by atoms with van der Waals surface area (Å²) in [5.74, 6) is -1.56. The lowest BCUT2D eigenvalue weighted by Crippen LogP contribution is -2.66. The van der Waals surface area contributed by atoms with Crippen molar-refractivity contribution in [3.8, 4) is 0 Å². The van der Waals surface area contributed by atoms with E-state index in [4.69, 9.17) is 23.7 Å². The molecule has 0 spiro atoms. The van der Waals surface area contributed by atoms with Gasteiger partial charge in [-0.05, 0) is 0 Å². The highest BCUT2D eigenvalue weighted by Crippen LogP contribution is 2.30. The summed E-state index contributed by atoms with van der Waals surface area (Å²) in [6.07, 6.45) is -18.8. The number of carbonyl (C=O) groups is 1. The third-order valence-electron chi connectivity index (χ3n) is 4.46. The second-order valence-corrected chi connectivity index (χ2v) is 6.15. The Bertz CT molecular complexity index is 501. The molecule has 2 aliphatic rings. The number of aliphatic hydroxyl groups excluding tert-OH is 5. The molecule has 13 nitrogen and oxygen atoms in total. The van der Waals surface area contributed by atoms with Gasteiger partial charge in [-0.3, -0.25) is 0 Å². The van der Waals surface area contributed by atoms with Gasteiger partial charge in [0.25, 0.3) is 0 Å². The first kappa shape index (κ1) is 22.3. The van der Waals surface area contributed by atoms with E-state index in [1.807, 2.05) is 0 Å². The highest BCUT2D eigenvalue weighted by molar-refractivity contribution is 5.73. The smallest absolute Gasteiger partial charge is 0.335 e. The van der Waals surface area contributed by atoms with Gasteiger partial charge in [-0.2, -0.15) is 0 Å². The van der Waals surface area contributed by atoms with Gasteiger partial charge in [0.2, 0.25) is 0 Å². The second kappa shape index (κ2) is 9.02. The van der Waals surface area contributed by atoms with Crippen LogP contribution in [0.3, 0.4) is 0 Å². The molecule has 7 N–H and O–H groups in total. The Labute approximate surface area is 153 Å². The standard InChI is InChI=1S/C14H24O13/c1-23-7-3(15)6(18)14(27-9(7)11(19)20)25-8-4(16)5(17)13(24-2)26-10(8)12(21)22/h3-11,13-20H,1-2H3,(H,21,22)/t3?,4?,5?,6?,7-,8-,9?,10?,13+,14+/m0/s1. The number of carboxylic acid groups (broad SMARTS) is 1. The Morgan fingerprint density at radius 1 is 0.852 bits per heavy atom. The minimum absolute atomic E-state index is 1.13. The van der Waals surface area contributed by atoms with Crippen LogP contribution in [0, 0.1) is 0 Å². The molecule has 0 amide bonds. The highest BCUT2D eigenvalue weighted by Gasteiger charge is 2.53. The van der Waals surface area contributed by atoms with Crippen molar-refractivity contribution in [1.82, 2.24) is 0 Å². The Morgan fingerprint density at radius 2 is 1.41 bits per heavy atom. The van der Waals surface area contributed by atoms with Crippen LogP contribution in [0.5, 0.6) is 0 Å². The number of hydrogen-bond donors (Lipinski definition) is 7. The fraction of sp³-hybridized carbons (Fsp3) is 0.929. The quantitative estimate of drug-likeness (QED) is 0.210. The molecule has 0 aromatic rings. The fourth-order valence-electron chi connectivity index (χ4n) is 3.03. The molecule has 2 heterocycles. The van der Waals surface area contributed by atoms with E-state index in [-0.39, 0.29) is 0 Å². The number of ether oxygens (including phenoxy) is 5. The summed E-state index contributed by atoms with van der Waals surface area (Å²) in [5.41, 5.74) is 0. The van der Waals surface area contributed by atoms with Crippen molar-refractivity contribution in [2.75, 3.05) is 14.2 Å². The maximum Gasteiger partial charge on any atom is 0.335 e. The summed E-state index contributed by atoms with van der Waals surface area (Å²) in [4.78, 5) is 11.4. The number of aliphatic carboxylic acids is 1. The van der Waals surface area contributed by atoms with Crippen LogP contribution in [0.1, 0.15) is 0 Å². The van der Waals surface area contributed by atoms with E-state index in [9.17, 15) is 40.5 Å². The predicted octanol–water partition coefficient (Wildman–Crippen LogP) is -4.68. The van der Waals surface area contributed by atoms with Crippen molar-refractivity contribution >= 4 is 5.97 Å². The summed E-state index contributed by atoms with van der Waals surface area (Å²) in [7, 11) is 2.27. The third kappa shape index (κ3) is 4.38. The van der Waals surface area contributed by atoms with E-state index in [1.54, 1.807) is 0 Å². The maximum atomic E-state index is 11.4. The molecule has 0 aromatic carbocycles. The van der Waals surface area contributed by atoms with Crippen molar-refractivity contribution in [3.63, 3.8) is 0 Å². The van der Waals surface area contributed by atoms with Crippen molar-refractivity contribution in [1.29, 1.82) is 0 Å². The minimum atomic E-state index is -2.13. The van der Waals surface area contributed by atoms with E-state index in [0.29, 0.717) is 0 Å². The molecule has 6 unspecified atom stereocenters. The molecule has 13 heteroatoms. The van der Waals surface area contributed by atoms with Gasteiger partial charge >= 0.3 is 5.97 Å². The molecule has 2 rings (SSSR count). The van der Waals surface area contributed by atoms with E-state index >= 15 is 0 Å². The largest absolute Gasteiger partial charge is 0.479 e. The third-order valence-corrected chi connectivity index (χ3v) is 4.46. The number of rotatable bonds is 6. The number of aliphatic hydroxyl groups is 6. The Morgan fingerprint density at radius 3 is 1.89 bits per heavy atom. The van der Waals surface area contributed by atoms with Crippen LogP contribution in [-0.2, 0) is 28.5 Å². The van der Waals surface area contributed by atoms with Crippen LogP contribution in [0.4, 0.5) is 0 Å². The first-order chi connectivity index (χ1) is 12.6. The average molecular weight is 400 g/mol. The lowest BCUT2D eigenvalue weighted by molar-refractivity contribution is -0.366. The predicted molar refractivity (Wildman–Crippen MR) is 79.9 cm³/mol. The van der Waals surface area contributed by atoms with Gasteiger partial charge in [0.05, 0.1) is 0 Å². The summed E-state index contributed by atoms with van der Waals surface area (Å²) in [6.45, 7) is 0. The van der Waals surface area contributed by atoms with Crippen molar-refractivity contribution in [3.05, 3.63) is 0 Å². The van der Waals surface area contributed by atoms with Gasteiger partial charge in [0, 0.05) is 14.2 Å². The van der Waals surface area contributed by atoms with Crippen LogP contribution < -0.4 is 0 Å². The van der Waals surface area contributed by atoms with Gasteiger partial charge in [-0.25, -0.2) is 4.79 Å². The highest BCUT2D eigenvalue weighted by atomic mass is 16.7. The Hall–Kier alpha value is -0.970. The molecule has 0 saturated carbocycles. The van der Waals surface area contributed by atoms with Crippen LogP contribution in [0.2, 0.25) is 0 Å². The molecule has 2 saturated heterocycles. The molecular weight excluding hydrogens is 376 g/mol. The van der Waals surface area contributed by atoms with Crippen molar-refractivity contribution < 1.29 is 64.2 Å². The average Bonchev–Trinajstić information content (AvgIpc) is 2.62. The molecule has 0 aromatic heterocycles. The number of methoxy groups -OCH3 is 2. The van der Waals surface area contributed by atoms with Gasteiger partial charge in [0.1, 0.15) is 42.7 Å². The molecule has 0 radical (unpaired) electrons. The van der Waals surface area contributed by atoms with Crippen molar-refractivity contribution in [2.24, 2.45) is 0 Å². The zero-order chi connectivity index (χ0) is 20.5. The summed E-state index contributed by atoms with van der Waals surface area (Å²) >= 11 is 0. The van der Waals surface area contributed by atoms with E-state index < -0.39 is 73.7 Å². The summed E-state index contributed by atoms with van der Waals surface area (Å²) in [5, 5.41) is 68.4. The minimum Gasteiger partial charge on any atom is -0.479 e. The fourth-order valence-corrected chi connectivity index (χ4v) is 3.03. The molecule has 10 atom stereocenters. The van der Waals surface area contributed by atoms with Gasteiger partial charge in [0.15, 0.2) is 25.0 Å². The molecular formula is C14H24O13. The first-order valence-electron chi connectivity index (χ1n) is 7.97. The topological polar surface area (TPSA) is 205 Å². The molecule has 27 heavy (non-hydrogen) atoms. The Balaban J connectivity index is 2.22. The van der Waals surface area contributed by atoms with Gasteiger partial charge in [-0.15, -0.1) is 0 Å². The monoisotopic (exact) mass is 400 g/mol. The molecule has 0 aliphatic carbocycles. The van der Waals surface area contributed by atoms with Gasteiger partial charge < -0.3 is 59.4 Å². The summed E-state index contributed by atoms with van der Waals surface area (Å²) in [6, 6.07) is 0. The van der Waals surface area contributed by atoms with Gasteiger partial charge in [-0.1, -0.05) is 0 Å². The van der Waals surface area contributed by atoms with Crippen LogP contribution in [0.15, 0.2) is 0 Å². The van der Waals surface area contributed by atoms with Crippen molar-refractivity contribution in [2.45, 2.75) is 67.7 Å². The van der Waals surface area contributed by atoms with Crippen LogP contribution >= 0.6 is 0 Å². The SMILES string of the molecule is CO[C@@H]1OC(C(=O)O)[C@@H](O[C@@H]2OC(C(O)O)[C@@H](OC)C(O)C2O)C(O)C1O. The normalized spacial score (nSPS) is 45.8. The van der Waals surface area contributed by atoms with E-state index in [2.05, 4.69) is 0 Å². The summed E-state index contributed by atoms with van der Waals surface area (Å²) < 4.78 is 25.1.